The fourth-order valence-corrected chi connectivity index (χ4v) is 4.35. The van der Waals surface area contributed by atoms with Crippen LogP contribution in [0.4, 0.5) is 0 Å². The molecule has 1 fully saturated rings. The highest BCUT2D eigenvalue weighted by Gasteiger charge is 2.29. The number of nitrogens with zero attached hydrogens (tertiary/aromatic N) is 1. The van der Waals surface area contributed by atoms with Crippen LogP contribution in [-0.4, -0.2) is 28.8 Å². The minimum Gasteiger partial charge on any atom is -0.352 e. The first-order valence-corrected chi connectivity index (χ1v) is 11.3. The van der Waals surface area contributed by atoms with Crippen molar-refractivity contribution in [2.75, 3.05) is 0 Å². The van der Waals surface area contributed by atoms with E-state index in [-0.39, 0.29) is 30.8 Å². The summed E-state index contributed by atoms with van der Waals surface area (Å²) in [4.78, 5) is 27.7. The third kappa shape index (κ3) is 5.90. The molecule has 1 saturated carbocycles. The Kier molecular flexibility index (Phi) is 8.04. The normalized spacial score (nSPS) is 15.1. The zero-order valence-corrected chi connectivity index (χ0v) is 19.1. The van der Waals surface area contributed by atoms with Gasteiger partial charge >= 0.3 is 0 Å². The number of hydrogen-bond donors (Lipinski definition) is 1. The summed E-state index contributed by atoms with van der Waals surface area (Å²) < 4.78 is 0. The molecule has 3 rings (SSSR count). The van der Waals surface area contributed by atoms with Crippen molar-refractivity contribution >= 4 is 46.6 Å². The summed E-state index contributed by atoms with van der Waals surface area (Å²) in [6.45, 7) is 1.90. The van der Waals surface area contributed by atoms with E-state index in [0.29, 0.717) is 20.6 Å². The molecule has 1 atom stereocenters. The number of amides is 2. The number of carbonyl (C=O) groups is 2. The molecule has 0 aliphatic heterocycles. The van der Waals surface area contributed by atoms with E-state index < -0.39 is 6.04 Å². The zero-order valence-electron chi connectivity index (χ0n) is 16.8. The summed E-state index contributed by atoms with van der Waals surface area (Å²) in [5, 5.41) is 4.63. The molecule has 0 radical (unpaired) electrons. The third-order valence-corrected chi connectivity index (χ3v) is 6.49. The highest BCUT2D eigenvalue weighted by atomic mass is 35.5. The number of halogens is 3. The van der Waals surface area contributed by atoms with Crippen LogP contribution < -0.4 is 5.32 Å². The zero-order chi connectivity index (χ0) is 21.7. The van der Waals surface area contributed by atoms with Crippen LogP contribution in [0.3, 0.4) is 0 Å². The lowest BCUT2D eigenvalue weighted by Crippen LogP contribution is -2.50. The SMILES string of the molecule is CC(C(=O)NC1CCCC1)N(Cc1c(Cl)cccc1Cl)C(=O)Cc1ccc(Cl)cc1. The van der Waals surface area contributed by atoms with Crippen molar-refractivity contribution in [3.63, 3.8) is 0 Å². The molecule has 7 heteroatoms. The fraction of sp³-hybridized carbons (Fsp3) is 0.391. The van der Waals surface area contributed by atoms with Crippen LogP contribution in [0.1, 0.15) is 43.7 Å². The maximum absolute atomic E-state index is 13.2. The van der Waals surface area contributed by atoms with Gasteiger partial charge in [0.05, 0.1) is 6.42 Å². The molecule has 1 N–H and O–H groups in total. The lowest BCUT2D eigenvalue weighted by molar-refractivity contribution is -0.140. The van der Waals surface area contributed by atoms with E-state index in [9.17, 15) is 9.59 Å². The van der Waals surface area contributed by atoms with Crippen molar-refractivity contribution in [2.24, 2.45) is 0 Å². The number of hydrogen-bond acceptors (Lipinski definition) is 2. The second-order valence-electron chi connectivity index (χ2n) is 7.69. The van der Waals surface area contributed by atoms with Crippen molar-refractivity contribution in [3.8, 4) is 0 Å². The van der Waals surface area contributed by atoms with E-state index in [4.69, 9.17) is 34.8 Å². The predicted molar refractivity (Wildman–Crippen MR) is 122 cm³/mol. The van der Waals surface area contributed by atoms with Crippen molar-refractivity contribution in [1.29, 1.82) is 0 Å². The Morgan fingerprint density at radius 1 is 1.03 bits per heavy atom. The van der Waals surface area contributed by atoms with E-state index >= 15 is 0 Å². The van der Waals surface area contributed by atoms with E-state index in [1.807, 2.05) is 12.1 Å². The molecule has 2 amide bonds. The van der Waals surface area contributed by atoms with Crippen LogP contribution in [0.2, 0.25) is 15.1 Å². The van der Waals surface area contributed by atoms with Crippen molar-refractivity contribution in [2.45, 2.75) is 57.7 Å². The van der Waals surface area contributed by atoms with Gasteiger partial charge in [-0.15, -0.1) is 0 Å². The predicted octanol–water partition coefficient (Wildman–Crippen LogP) is 5.67. The van der Waals surface area contributed by atoms with Crippen LogP contribution in [0.25, 0.3) is 0 Å². The molecule has 0 bridgehead atoms. The van der Waals surface area contributed by atoms with Crippen molar-refractivity contribution < 1.29 is 9.59 Å². The molecule has 0 heterocycles. The van der Waals surface area contributed by atoms with Crippen LogP contribution in [0, 0.1) is 0 Å². The highest BCUT2D eigenvalue weighted by molar-refractivity contribution is 6.36. The molecule has 4 nitrogen and oxygen atoms in total. The molecule has 2 aromatic rings. The summed E-state index contributed by atoms with van der Waals surface area (Å²) in [5.74, 6) is -0.336. The van der Waals surface area contributed by atoms with Crippen molar-refractivity contribution in [1.82, 2.24) is 10.2 Å². The number of benzene rings is 2. The van der Waals surface area contributed by atoms with Gasteiger partial charge in [-0.3, -0.25) is 9.59 Å². The summed E-state index contributed by atoms with van der Waals surface area (Å²) in [6.07, 6.45) is 4.35. The minimum atomic E-state index is -0.655. The lowest BCUT2D eigenvalue weighted by Gasteiger charge is -2.30. The Morgan fingerprint density at radius 2 is 1.63 bits per heavy atom. The van der Waals surface area contributed by atoms with E-state index in [1.54, 1.807) is 42.2 Å². The molecular formula is C23H25Cl3N2O2. The van der Waals surface area contributed by atoms with Gasteiger partial charge in [-0.2, -0.15) is 0 Å². The van der Waals surface area contributed by atoms with E-state index in [1.165, 1.54) is 0 Å². The molecular weight excluding hydrogens is 443 g/mol. The average molecular weight is 468 g/mol. The Bertz CT molecular complexity index is 876. The first kappa shape index (κ1) is 22.9. The van der Waals surface area contributed by atoms with Crippen LogP contribution in [0.15, 0.2) is 42.5 Å². The van der Waals surface area contributed by atoms with Gasteiger partial charge in [0.1, 0.15) is 6.04 Å². The molecule has 0 spiro atoms. The molecule has 1 unspecified atom stereocenters. The second kappa shape index (κ2) is 10.5. The maximum atomic E-state index is 13.2. The molecule has 160 valence electrons. The number of rotatable bonds is 7. The van der Waals surface area contributed by atoms with Gasteiger partial charge < -0.3 is 10.2 Å². The summed E-state index contributed by atoms with van der Waals surface area (Å²) >= 11 is 18.6. The van der Waals surface area contributed by atoms with Crippen LogP contribution >= 0.6 is 34.8 Å². The first-order valence-electron chi connectivity index (χ1n) is 10.1. The van der Waals surface area contributed by atoms with E-state index in [0.717, 1.165) is 31.2 Å². The monoisotopic (exact) mass is 466 g/mol. The fourth-order valence-electron chi connectivity index (χ4n) is 3.71. The first-order chi connectivity index (χ1) is 14.3. The Morgan fingerprint density at radius 3 is 2.23 bits per heavy atom. The molecule has 1 aliphatic carbocycles. The molecule has 0 saturated heterocycles. The standard InChI is InChI=1S/C23H25Cl3N2O2/c1-15(23(30)27-18-5-2-3-6-18)28(14-19-20(25)7-4-8-21(19)26)22(29)13-16-9-11-17(24)12-10-16/h4,7-12,15,18H,2-3,5-6,13-14H2,1H3,(H,27,30). The Labute approximate surface area is 192 Å². The summed E-state index contributed by atoms with van der Waals surface area (Å²) in [7, 11) is 0. The summed E-state index contributed by atoms with van der Waals surface area (Å²) in [5.41, 5.74) is 1.45. The van der Waals surface area contributed by atoms with Crippen LogP contribution in [-0.2, 0) is 22.6 Å². The topological polar surface area (TPSA) is 49.4 Å². The third-order valence-electron chi connectivity index (χ3n) is 5.53. The van der Waals surface area contributed by atoms with Gasteiger partial charge in [0.2, 0.25) is 11.8 Å². The van der Waals surface area contributed by atoms with E-state index in [2.05, 4.69) is 5.32 Å². The molecule has 2 aromatic carbocycles. The Hall–Kier alpha value is -1.75. The van der Waals surface area contributed by atoms with Gasteiger partial charge in [0.15, 0.2) is 0 Å². The van der Waals surface area contributed by atoms with Gasteiger partial charge in [0.25, 0.3) is 0 Å². The van der Waals surface area contributed by atoms with Gasteiger partial charge in [-0.05, 0) is 49.6 Å². The van der Waals surface area contributed by atoms with Gasteiger partial charge in [-0.25, -0.2) is 0 Å². The second-order valence-corrected chi connectivity index (χ2v) is 8.94. The maximum Gasteiger partial charge on any atom is 0.242 e. The number of nitrogens with one attached hydrogen (secondary N) is 1. The Balaban J connectivity index is 1.81. The smallest absolute Gasteiger partial charge is 0.242 e. The molecule has 0 aromatic heterocycles. The van der Waals surface area contributed by atoms with Gasteiger partial charge in [-0.1, -0.05) is 65.8 Å². The average Bonchev–Trinajstić information content (AvgIpc) is 3.22. The number of carbonyl (C=O) groups excluding carboxylic acids is 2. The molecule has 1 aliphatic rings. The highest BCUT2D eigenvalue weighted by Crippen LogP contribution is 2.27. The molecule has 30 heavy (non-hydrogen) atoms. The summed E-state index contributed by atoms with van der Waals surface area (Å²) in [6, 6.07) is 11.8. The quantitative estimate of drug-likeness (QED) is 0.571. The van der Waals surface area contributed by atoms with Crippen LogP contribution in [0.5, 0.6) is 0 Å². The largest absolute Gasteiger partial charge is 0.352 e. The minimum absolute atomic E-state index is 0.153. The van der Waals surface area contributed by atoms with Crippen molar-refractivity contribution in [3.05, 3.63) is 68.7 Å². The van der Waals surface area contributed by atoms with Gasteiger partial charge in [0, 0.05) is 33.2 Å². The lowest BCUT2D eigenvalue weighted by atomic mass is 10.1.